The Morgan fingerprint density at radius 3 is 2.59 bits per heavy atom. The van der Waals surface area contributed by atoms with Gasteiger partial charge in [0.1, 0.15) is 5.75 Å². The molecule has 0 saturated carbocycles. The van der Waals surface area contributed by atoms with Gasteiger partial charge in [0, 0.05) is 48.7 Å². The number of aromatic nitrogens is 4. The van der Waals surface area contributed by atoms with Crippen LogP contribution in [0.4, 0.5) is 22.0 Å². The normalized spacial score (nSPS) is 14.4. The standard InChI is InChI=1S/C33H31ClN8O2/c1-44-29-13-12-24(19-26(29)34)37-33(43)36-23-14-17-41(18-15-23)20-21-8-10-22(11-9-21)31-39-40-32-25-5-2-3-6-27(25)38-30-28(42(31)32)7-4-16-35-30/h2-13,16,19,23H,14-15,17-18,20H2,1H3,(H,35,38)(H2,36,37,43). The number of carbonyl (C=O) groups excluding carboxylic acids is 1. The van der Waals surface area contributed by atoms with Gasteiger partial charge in [0.25, 0.3) is 0 Å². The van der Waals surface area contributed by atoms with Crippen LogP contribution in [0.3, 0.4) is 0 Å². The molecule has 0 atom stereocenters. The Balaban J connectivity index is 0.992. The van der Waals surface area contributed by atoms with E-state index in [4.69, 9.17) is 16.3 Å². The molecule has 0 spiro atoms. The third kappa shape index (κ3) is 5.57. The van der Waals surface area contributed by atoms with Crippen LogP contribution >= 0.6 is 11.6 Å². The minimum Gasteiger partial charge on any atom is -0.495 e. The number of ether oxygens (including phenoxy) is 1. The van der Waals surface area contributed by atoms with E-state index in [-0.39, 0.29) is 12.1 Å². The van der Waals surface area contributed by atoms with Crippen molar-refractivity contribution in [1.82, 2.24) is 30.0 Å². The minimum absolute atomic E-state index is 0.113. The molecule has 0 aliphatic carbocycles. The van der Waals surface area contributed by atoms with Gasteiger partial charge >= 0.3 is 6.03 Å². The third-order valence-electron chi connectivity index (χ3n) is 8.06. The lowest BCUT2D eigenvalue weighted by molar-refractivity contribution is 0.190. The summed E-state index contributed by atoms with van der Waals surface area (Å²) in [6, 6.07) is 25.6. The molecule has 3 aromatic carbocycles. The Hall–Kier alpha value is -4.93. The van der Waals surface area contributed by atoms with Crippen LogP contribution < -0.4 is 20.7 Å². The molecule has 0 radical (unpaired) electrons. The fourth-order valence-electron chi connectivity index (χ4n) is 5.81. The second-order valence-corrected chi connectivity index (χ2v) is 11.3. The molecule has 11 heteroatoms. The number of carbonyl (C=O) groups is 1. The molecule has 2 amide bonds. The van der Waals surface area contributed by atoms with Crippen LogP contribution in [0.2, 0.25) is 5.02 Å². The molecule has 1 fully saturated rings. The second-order valence-electron chi connectivity index (χ2n) is 10.9. The van der Waals surface area contributed by atoms with E-state index in [1.807, 2.05) is 36.4 Å². The number of rotatable bonds is 6. The first kappa shape index (κ1) is 27.9. The summed E-state index contributed by atoms with van der Waals surface area (Å²) in [6.07, 6.45) is 3.54. The lowest BCUT2D eigenvalue weighted by Crippen LogP contribution is -2.45. The van der Waals surface area contributed by atoms with E-state index in [9.17, 15) is 4.79 Å². The molecule has 0 bridgehead atoms. The molecule has 0 unspecified atom stereocenters. The zero-order valence-corrected chi connectivity index (χ0v) is 24.9. The number of hydrogen-bond donors (Lipinski definition) is 3. The summed E-state index contributed by atoms with van der Waals surface area (Å²) >= 11 is 6.18. The van der Waals surface area contributed by atoms with E-state index >= 15 is 0 Å². The molecule has 1 saturated heterocycles. The number of piperidine rings is 1. The van der Waals surface area contributed by atoms with Crippen molar-refractivity contribution in [3.05, 3.63) is 95.6 Å². The highest BCUT2D eigenvalue weighted by atomic mass is 35.5. The number of benzene rings is 3. The highest BCUT2D eigenvalue weighted by molar-refractivity contribution is 6.32. The molecular formula is C33H31ClN8O2. The average molecular weight is 607 g/mol. The number of urea groups is 1. The van der Waals surface area contributed by atoms with Crippen LogP contribution in [0.5, 0.6) is 5.75 Å². The Morgan fingerprint density at radius 1 is 1.00 bits per heavy atom. The van der Waals surface area contributed by atoms with E-state index in [0.717, 1.165) is 72.4 Å². The van der Waals surface area contributed by atoms with E-state index in [2.05, 4.69) is 64.9 Å². The summed E-state index contributed by atoms with van der Waals surface area (Å²) in [7, 11) is 1.56. The first-order valence-electron chi connectivity index (χ1n) is 14.6. The number of hydrogen-bond acceptors (Lipinski definition) is 7. The second kappa shape index (κ2) is 12.0. The van der Waals surface area contributed by atoms with E-state index in [1.165, 1.54) is 5.56 Å². The first-order valence-corrected chi connectivity index (χ1v) is 14.9. The lowest BCUT2D eigenvalue weighted by Gasteiger charge is -2.32. The smallest absolute Gasteiger partial charge is 0.319 e. The maximum Gasteiger partial charge on any atom is 0.319 e. The van der Waals surface area contributed by atoms with Crippen molar-refractivity contribution < 1.29 is 9.53 Å². The Bertz CT molecular complexity index is 1820. The average Bonchev–Trinajstić information content (AvgIpc) is 3.42. The van der Waals surface area contributed by atoms with Crippen molar-refractivity contribution >= 4 is 34.8 Å². The minimum atomic E-state index is -0.232. The van der Waals surface area contributed by atoms with E-state index in [0.29, 0.717) is 16.5 Å². The van der Waals surface area contributed by atoms with Gasteiger partial charge < -0.3 is 20.7 Å². The van der Waals surface area contributed by atoms with Gasteiger partial charge in [-0.3, -0.25) is 9.47 Å². The predicted molar refractivity (Wildman–Crippen MR) is 172 cm³/mol. The molecule has 44 heavy (non-hydrogen) atoms. The summed E-state index contributed by atoms with van der Waals surface area (Å²) in [5.41, 5.74) is 5.65. The van der Waals surface area contributed by atoms with Crippen molar-refractivity contribution in [3.63, 3.8) is 0 Å². The largest absolute Gasteiger partial charge is 0.495 e. The summed E-state index contributed by atoms with van der Waals surface area (Å²) < 4.78 is 7.25. The predicted octanol–water partition coefficient (Wildman–Crippen LogP) is 6.50. The number of pyridine rings is 1. The monoisotopic (exact) mass is 606 g/mol. The van der Waals surface area contributed by atoms with Gasteiger partial charge in [0.05, 0.1) is 23.5 Å². The topological polar surface area (TPSA) is 109 Å². The quantitative estimate of drug-likeness (QED) is 0.198. The van der Waals surface area contributed by atoms with Gasteiger partial charge in [-0.15, -0.1) is 10.2 Å². The van der Waals surface area contributed by atoms with Gasteiger partial charge in [-0.05, 0) is 60.9 Å². The fraction of sp³-hybridized carbons (Fsp3) is 0.212. The van der Waals surface area contributed by atoms with Crippen LogP contribution in [0.15, 0.2) is 85.1 Å². The molecule has 2 aromatic heterocycles. The molecule has 3 N–H and O–H groups in total. The maximum atomic E-state index is 12.6. The number of amides is 2. The van der Waals surface area contributed by atoms with Crippen LogP contribution in [-0.2, 0) is 6.54 Å². The molecule has 5 aromatic rings. The number of anilines is 3. The van der Waals surface area contributed by atoms with Crippen LogP contribution in [-0.4, -0.2) is 56.9 Å². The highest BCUT2D eigenvalue weighted by Crippen LogP contribution is 2.39. The fourth-order valence-corrected chi connectivity index (χ4v) is 6.07. The summed E-state index contributed by atoms with van der Waals surface area (Å²) in [4.78, 5) is 19.6. The van der Waals surface area contributed by atoms with Crippen molar-refractivity contribution in [2.75, 3.05) is 30.8 Å². The van der Waals surface area contributed by atoms with Crippen LogP contribution in [0.25, 0.3) is 28.5 Å². The van der Waals surface area contributed by atoms with Crippen LogP contribution in [0, 0.1) is 0 Å². The van der Waals surface area contributed by atoms with Crippen molar-refractivity contribution in [3.8, 4) is 34.2 Å². The molecule has 4 heterocycles. The zero-order chi connectivity index (χ0) is 30.0. The SMILES string of the molecule is COc1ccc(NC(=O)NC2CCN(Cc3ccc(-c4nnc5n4-c4cccnc4Nc4ccccc4-5)cc3)CC2)cc1Cl. The zero-order valence-electron chi connectivity index (χ0n) is 24.1. The number of nitrogens with one attached hydrogen (secondary N) is 3. The number of halogens is 1. The van der Waals surface area contributed by atoms with Gasteiger partial charge in [0.2, 0.25) is 0 Å². The Labute approximate surface area is 260 Å². The Morgan fingerprint density at radius 2 is 1.80 bits per heavy atom. The van der Waals surface area contributed by atoms with Crippen molar-refractivity contribution in [1.29, 1.82) is 0 Å². The summed E-state index contributed by atoms with van der Waals surface area (Å²) in [5, 5.41) is 19.1. The molecule has 10 nitrogen and oxygen atoms in total. The van der Waals surface area contributed by atoms with E-state index < -0.39 is 0 Å². The van der Waals surface area contributed by atoms with Crippen molar-refractivity contribution in [2.45, 2.75) is 25.4 Å². The third-order valence-corrected chi connectivity index (χ3v) is 8.36. The number of nitrogens with zero attached hydrogens (tertiary/aromatic N) is 5. The summed E-state index contributed by atoms with van der Waals surface area (Å²) in [5.74, 6) is 2.87. The molecule has 2 aliphatic rings. The molecule has 222 valence electrons. The first-order chi connectivity index (χ1) is 21.6. The number of methoxy groups -OCH3 is 1. The maximum absolute atomic E-state index is 12.6. The van der Waals surface area contributed by atoms with Gasteiger partial charge in [-0.1, -0.05) is 48.0 Å². The highest BCUT2D eigenvalue weighted by Gasteiger charge is 2.25. The van der Waals surface area contributed by atoms with Gasteiger partial charge in [-0.25, -0.2) is 9.78 Å². The summed E-state index contributed by atoms with van der Waals surface area (Å²) in [6.45, 7) is 2.63. The van der Waals surface area contributed by atoms with Crippen LogP contribution in [0.1, 0.15) is 18.4 Å². The number of fused-ring (bicyclic) bond motifs is 5. The molecular weight excluding hydrogens is 576 g/mol. The molecule has 2 aliphatic heterocycles. The number of para-hydroxylation sites is 1. The lowest BCUT2D eigenvalue weighted by atomic mass is 10.0. The Kier molecular flexibility index (Phi) is 7.59. The van der Waals surface area contributed by atoms with Gasteiger partial charge in [0.15, 0.2) is 17.5 Å². The number of likely N-dealkylation sites (tertiary alicyclic amines) is 1. The van der Waals surface area contributed by atoms with Crippen molar-refractivity contribution in [2.24, 2.45) is 0 Å². The molecule has 7 rings (SSSR count). The van der Waals surface area contributed by atoms with Gasteiger partial charge in [-0.2, -0.15) is 0 Å². The van der Waals surface area contributed by atoms with E-state index in [1.54, 1.807) is 31.5 Å².